The zero-order chi connectivity index (χ0) is 19.5. The van der Waals surface area contributed by atoms with Crippen molar-refractivity contribution < 1.29 is 14.6 Å². The quantitative estimate of drug-likeness (QED) is 0.843. The molecule has 6 atom stereocenters. The Bertz CT molecular complexity index is 888. The number of aromatic nitrogens is 1. The number of carbonyl (C=O) groups is 1. The van der Waals surface area contributed by atoms with E-state index >= 15 is 0 Å². The van der Waals surface area contributed by atoms with Crippen molar-refractivity contribution in [3.8, 4) is 6.07 Å². The highest BCUT2D eigenvalue weighted by Crippen LogP contribution is 2.56. The predicted octanol–water partition coefficient (Wildman–Crippen LogP) is 2.04. The van der Waals surface area contributed by atoms with Crippen LogP contribution in [0.5, 0.6) is 0 Å². The molecule has 0 spiro atoms. The Labute approximate surface area is 163 Å². The van der Waals surface area contributed by atoms with E-state index in [0.29, 0.717) is 31.0 Å². The van der Waals surface area contributed by atoms with Crippen molar-refractivity contribution in [1.82, 2.24) is 9.47 Å². The molecule has 0 radical (unpaired) electrons. The maximum Gasteiger partial charge on any atom is 0.410 e. The average molecular weight is 383 g/mol. The van der Waals surface area contributed by atoms with E-state index in [0.717, 1.165) is 32.1 Å². The number of ether oxygens (including phenoxy) is 1. The SMILES string of the molecule is N#Cc1ccn([C@@H]2CCN(C(=O)OC3[C@@H]4CC5C[C@H]3CC(O)(C5)C4)C2)c(=O)c1. The summed E-state index contributed by atoms with van der Waals surface area (Å²) < 4.78 is 7.56. The van der Waals surface area contributed by atoms with E-state index < -0.39 is 5.60 Å². The van der Waals surface area contributed by atoms with E-state index in [2.05, 4.69) is 0 Å². The van der Waals surface area contributed by atoms with E-state index in [1.807, 2.05) is 6.07 Å². The molecule has 4 bridgehead atoms. The van der Waals surface area contributed by atoms with Crippen LogP contribution in [0.2, 0.25) is 0 Å². The summed E-state index contributed by atoms with van der Waals surface area (Å²) in [5.74, 6) is 1.14. The average Bonchev–Trinajstić information content (AvgIpc) is 3.13. The van der Waals surface area contributed by atoms with Crippen molar-refractivity contribution >= 4 is 6.09 Å². The summed E-state index contributed by atoms with van der Waals surface area (Å²) in [5.41, 5.74) is -0.401. The number of nitrogens with zero attached hydrogens (tertiary/aromatic N) is 3. The summed E-state index contributed by atoms with van der Waals surface area (Å²) in [6.07, 6.45) is 6.48. The van der Waals surface area contributed by atoms with Gasteiger partial charge in [0.15, 0.2) is 0 Å². The number of pyridine rings is 1. The fourth-order valence-electron chi connectivity index (χ4n) is 6.31. The smallest absolute Gasteiger partial charge is 0.410 e. The zero-order valence-electron chi connectivity index (χ0n) is 15.8. The lowest BCUT2D eigenvalue weighted by atomic mass is 9.53. The van der Waals surface area contributed by atoms with Crippen molar-refractivity contribution in [1.29, 1.82) is 5.26 Å². The van der Waals surface area contributed by atoms with Gasteiger partial charge >= 0.3 is 6.09 Å². The molecule has 5 fully saturated rings. The van der Waals surface area contributed by atoms with E-state index in [-0.39, 0.29) is 35.6 Å². The highest BCUT2D eigenvalue weighted by molar-refractivity contribution is 5.68. The summed E-state index contributed by atoms with van der Waals surface area (Å²) in [6, 6.07) is 4.84. The zero-order valence-corrected chi connectivity index (χ0v) is 15.8. The summed E-state index contributed by atoms with van der Waals surface area (Å²) in [4.78, 5) is 26.7. The Hall–Kier alpha value is -2.33. The fourth-order valence-corrected chi connectivity index (χ4v) is 6.31. The van der Waals surface area contributed by atoms with Crippen LogP contribution in [0.1, 0.15) is 50.1 Å². The van der Waals surface area contributed by atoms with Crippen LogP contribution in [0.25, 0.3) is 0 Å². The third kappa shape index (κ3) is 2.91. The first kappa shape index (κ1) is 17.7. The molecular formula is C21H25N3O4. The Morgan fingerprint density at radius 3 is 2.68 bits per heavy atom. The van der Waals surface area contributed by atoms with Gasteiger partial charge in [0.2, 0.25) is 0 Å². The van der Waals surface area contributed by atoms with Gasteiger partial charge in [0.25, 0.3) is 5.56 Å². The fraction of sp³-hybridized carbons (Fsp3) is 0.667. The second kappa shape index (κ2) is 6.35. The van der Waals surface area contributed by atoms with E-state index in [1.54, 1.807) is 21.7 Å². The molecule has 3 unspecified atom stereocenters. The maximum absolute atomic E-state index is 12.8. The van der Waals surface area contributed by atoms with Crippen LogP contribution in [0.4, 0.5) is 4.79 Å². The molecule has 4 saturated carbocycles. The number of nitriles is 1. The third-order valence-corrected chi connectivity index (χ3v) is 7.28. The topological polar surface area (TPSA) is 95.6 Å². The summed E-state index contributed by atoms with van der Waals surface area (Å²) in [5, 5.41) is 19.6. The molecule has 0 aromatic carbocycles. The third-order valence-electron chi connectivity index (χ3n) is 7.28. The van der Waals surface area contributed by atoms with Crippen LogP contribution < -0.4 is 5.56 Å². The first-order chi connectivity index (χ1) is 13.4. The van der Waals surface area contributed by atoms with Crippen molar-refractivity contribution in [3.05, 3.63) is 34.2 Å². The Balaban J connectivity index is 1.24. The van der Waals surface area contributed by atoms with Gasteiger partial charge in [0.1, 0.15) is 6.10 Å². The van der Waals surface area contributed by atoms with Gasteiger partial charge in [-0.1, -0.05) is 0 Å². The van der Waals surface area contributed by atoms with Crippen LogP contribution in [0, 0.1) is 29.1 Å². The molecule has 5 aliphatic rings. The van der Waals surface area contributed by atoms with Gasteiger partial charge in [0.05, 0.1) is 23.3 Å². The molecule has 7 nitrogen and oxygen atoms in total. The van der Waals surface area contributed by atoms with Crippen molar-refractivity contribution in [3.63, 3.8) is 0 Å². The van der Waals surface area contributed by atoms with Crippen molar-refractivity contribution in [2.75, 3.05) is 13.1 Å². The molecule has 4 aliphatic carbocycles. The number of carbonyl (C=O) groups excluding carboxylic acids is 1. The van der Waals surface area contributed by atoms with Crippen molar-refractivity contribution in [2.45, 2.75) is 56.3 Å². The molecule has 1 amide bonds. The molecule has 148 valence electrons. The molecule has 6 rings (SSSR count). The number of likely N-dealkylation sites (tertiary alicyclic amines) is 1. The van der Waals surface area contributed by atoms with Gasteiger partial charge in [0, 0.05) is 25.4 Å². The lowest BCUT2D eigenvalue weighted by molar-refractivity contribution is -0.177. The van der Waals surface area contributed by atoms with Gasteiger partial charge in [-0.3, -0.25) is 4.79 Å². The number of amides is 1. The summed E-state index contributed by atoms with van der Waals surface area (Å²) in [7, 11) is 0. The minimum absolute atomic E-state index is 0.0824. The Kier molecular flexibility index (Phi) is 4.02. The number of hydrogen-bond acceptors (Lipinski definition) is 5. The Morgan fingerprint density at radius 1 is 1.29 bits per heavy atom. The Morgan fingerprint density at radius 2 is 2.04 bits per heavy atom. The monoisotopic (exact) mass is 383 g/mol. The molecule has 1 saturated heterocycles. The van der Waals surface area contributed by atoms with E-state index in [9.17, 15) is 14.7 Å². The van der Waals surface area contributed by atoms with Gasteiger partial charge in [-0.2, -0.15) is 5.26 Å². The summed E-state index contributed by atoms with van der Waals surface area (Å²) in [6.45, 7) is 1.00. The number of hydrogen-bond donors (Lipinski definition) is 1. The minimum atomic E-state index is -0.533. The number of rotatable bonds is 2. The predicted molar refractivity (Wildman–Crippen MR) is 99.4 cm³/mol. The van der Waals surface area contributed by atoms with E-state index in [1.165, 1.54) is 6.07 Å². The van der Waals surface area contributed by atoms with Crippen LogP contribution in [0.3, 0.4) is 0 Å². The van der Waals surface area contributed by atoms with Gasteiger partial charge in [-0.25, -0.2) is 4.79 Å². The largest absolute Gasteiger partial charge is 0.446 e. The standard InChI is InChI=1S/C21H25N3O4/c22-11-13-1-4-24(18(25)7-13)17-2-3-23(12-17)20(26)28-19-15-5-14-6-16(19)10-21(27,8-14)9-15/h1,4,7,14-17,19,27H,2-3,5-6,8-10,12H2/t14?,15-,16+,17-,19?,21?/m1/s1. The highest BCUT2D eigenvalue weighted by atomic mass is 16.6. The maximum atomic E-state index is 12.8. The minimum Gasteiger partial charge on any atom is -0.446 e. The normalized spacial score (nSPS) is 38.4. The molecular weight excluding hydrogens is 358 g/mol. The van der Waals surface area contributed by atoms with Gasteiger partial charge in [-0.05, 0) is 62.3 Å². The second-order valence-electron chi connectivity index (χ2n) is 9.20. The van der Waals surface area contributed by atoms with Gasteiger partial charge in [-0.15, -0.1) is 0 Å². The molecule has 1 aromatic rings. The lowest BCUT2D eigenvalue weighted by Crippen LogP contribution is -2.58. The first-order valence-corrected chi connectivity index (χ1v) is 10.2. The molecule has 1 N–H and O–H groups in total. The van der Waals surface area contributed by atoms with Gasteiger partial charge < -0.3 is 19.3 Å². The molecule has 7 heteroatoms. The molecule has 28 heavy (non-hydrogen) atoms. The molecule has 2 heterocycles. The molecule has 1 aromatic heterocycles. The van der Waals surface area contributed by atoms with Crippen LogP contribution in [-0.2, 0) is 4.74 Å². The van der Waals surface area contributed by atoms with Crippen molar-refractivity contribution in [2.24, 2.45) is 17.8 Å². The number of aliphatic hydroxyl groups is 1. The molecule has 1 aliphatic heterocycles. The van der Waals surface area contributed by atoms with Crippen LogP contribution in [-0.4, -0.2) is 45.5 Å². The first-order valence-electron chi connectivity index (χ1n) is 10.2. The second-order valence-corrected chi connectivity index (χ2v) is 9.20. The van der Waals surface area contributed by atoms with Crippen LogP contribution in [0.15, 0.2) is 23.1 Å². The lowest BCUT2D eigenvalue weighted by Gasteiger charge is -2.57. The highest BCUT2D eigenvalue weighted by Gasteiger charge is 2.56. The van der Waals surface area contributed by atoms with E-state index in [4.69, 9.17) is 10.00 Å². The summed E-state index contributed by atoms with van der Waals surface area (Å²) >= 11 is 0. The van der Waals surface area contributed by atoms with Crippen LogP contribution >= 0.6 is 0 Å².